The topological polar surface area (TPSA) is 53.4 Å². The lowest BCUT2D eigenvalue weighted by molar-refractivity contribution is -0.165. The van der Waals surface area contributed by atoms with E-state index in [2.05, 4.69) is 36.7 Å². The zero-order valence-corrected chi connectivity index (χ0v) is 19.4. The Morgan fingerprint density at radius 3 is 2.59 bits per heavy atom. The van der Waals surface area contributed by atoms with Crippen LogP contribution in [0.4, 0.5) is 0 Å². The maximum absolute atomic E-state index is 12.8. The fraction of sp³-hybridized carbons (Fsp3) is 0.565. The number of carbonyl (C=O) groups excluding carboxylic acids is 1. The van der Waals surface area contributed by atoms with Crippen LogP contribution in [0.5, 0.6) is 0 Å². The highest BCUT2D eigenvalue weighted by atomic mass is 32.1. The normalized spacial score (nSPS) is 17.7. The van der Waals surface area contributed by atoms with Crippen molar-refractivity contribution < 1.29 is 14.3 Å². The third-order valence-electron chi connectivity index (χ3n) is 5.31. The standard InChI is InChI=1S/C23H32N2O3S/c1-22(2,3)28-20(21(26)27-7)19-17(15-8-11-23(4,5)12-9-15)18(24-25(19)6)16-10-13-29-14-16/h8,10,13-14,20H,9,11-12H2,1-7H3. The molecule has 0 saturated heterocycles. The minimum atomic E-state index is -0.837. The van der Waals surface area contributed by atoms with E-state index in [9.17, 15) is 4.79 Å². The molecule has 29 heavy (non-hydrogen) atoms. The third-order valence-corrected chi connectivity index (χ3v) is 6.00. The number of nitrogens with zero attached hydrogens (tertiary/aromatic N) is 2. The van der Waals surface area contributed by atoms with E-state index >= 15 is 0 Å². The largest absolute Gasteiger partial charge is 0.467 e. The number of hydrogen-bond donors (Lipinski definition) is 0. The Kier molecular flexibility index (Phi) is 6.06. The summed E-state index contributed by atoms with van der Waals surface area (Å²) < 4.78 is 13.1. The van der Waals surface area contributed by atoms with Gasteiger partial charge in [0.1, 0.15) is 5.69 Å². The summed E-state index contributed by atoms with van der Waals surface area (Å²) in [5.74, 6) is -0.405. The van der Waals surface area contributed by atoms with Crippen LogP contribution in [0.1, 0.15) is 71.2 Å². The molecule has 0 N–H and O–H groups in total. The van der Waals surface area contributed by atoms with Crippen LogP contribution in [0.2, 0.25) is 0 Å². The van der Waals surface area contributed by atoms with E-state index in [4.69, 9.17) is 14.6 Å². The number of esters is 1. The number of hydrogen-bond acceptors (Lipinski definition) is 5. The number of carbonyl (C=O) groups is 1. The molecule has 2 aromatic rings. The van der Waals surface area contributed by atoms with E-state index < -0.39 is 17.7 Å². The van der Waals surface area contributed by atoms with Crippen LogP contribution in [0.15, 0.2) is 22.9 Å². The molecule has 0 aliphatic heterocycles. The van der Waals surface area contributed by atoms with Gasteiger partial charge in [0.15, 0.2) is 6.10 Å². The first kappa shape index (κ1) is 21.8. The summed E-state index contributed by atoms with van der Waals surface area (Å²) in [4.78, 5) is 12.8. The van der Waals surface area contributed by atoms with Gasteiger partial charge in [-0.1, -0.05) is 19.9 Å². The van der Waals surface area contributed by atoms with Gasteiger partial charge in [-0.15, -0.1) is 0 Å². The van der Waals surface area contributed by atoms with E-state index in [0.29, 0.717) is 0 Å². The number of aromatic nitrogens is 2. The Morgan fingerprint density at radius 2 is 2.07 bits per heavy atom. The SMILES string of the molecule is COC(=O)C(OC(C)(C)C)c1c(C2=CCC(C)(C)CC2)c(-c2ccsc2)nn1C. The second-order valence-electron chi connectivity index (χ2n) is 9.48. The highest BCUT2D eigenvalue weighted by molar-refractivity contribution is 7.08. The Hall–Kier alpha value is -1.92. The zero-order valence-electron chi connectivity index (χ0n) is 18.5. The fourth-order valence-corrected chi connectivity index (χ4v) is 4.38. The molecule has 0 aromatic carbocycles. The molecule has 2 heterocycles. The van der Waals surface area contributed by atoms with Crippen LogP contribution in [-0.4, -0.2) is 28.5 Å². The van der Waals surface area contributed by atoms with Crippen LogP contribution in [0.25, 0.3) is 16.8 Å². The number of allylic oxidation sites excluding steroid dienone is 2. The van der Waals surface area contributed by atoms with Crippen molar-refractivity contribution in [2.75, 3.05) is 7.11 Å². The zero-order chi connectivity index (χ0) is 21.4. The summed E-state index contributed by atoms with van der Waals surface area (Å²) in [6, 6.07) is 2.07. The molecular formula is C23H32N2O3S. The van der Waals surface area contributed by atoms with Gasteiger partial charge in [0.25, 0.3) is 0 Å². The predicted molar refractivity (Wildman–Crippen MR) is 118 cm³/mol. The molecule has 158 valence electrons. The van der Waals surface area contributed by atoms with Crippen molar-refractivity contribution in [3.05, 3.63) is 34.2 Å². The van der Waals surface area contributed by atoms with Crippen LogP contribution in [-0.2, 0) is 21.3 Å². The van der Waals surface area contributed by atoms with E-state index in [-0.39, 0.29) is 5.41 Å². The van der Waals surface area contributed by atoms with Crippen molar-refractivity contribution in [3.63, 3.8) is 0 Å². The lowest BCUT2D eigenvalue weighted by atomic mass is 9.76. The van der Waals surface area contributed by atoms with Crippen molar-refractivity contribution in [2.45, 2.75) is 65.6 Å². The first-order valence-corrected chi connectivity index (χ1v) is 11.0. The average Bonchev–Trinajstić information content (AvgIpc) is 3.26. The van der Waals surface area contributed by atoms with Crippen LogP contribution in [0.3, 0.4) is 0 Å². The summed E-state index contributed by atoms with van der Waals surface area (Å²) in [5.41, 5.74) is 4.77. The van der Waals surface area contributed by atoms with Crippen molar-refractivity contribution in [1.29, 1.82) is 0 Å². The third kappa shape index (κ3) is 4.81. The minimum absolute atomic E-state index is 0.290. The Morgan fingerprint density at radius 1 is 1.34 bits per heavy atom. The molecule has 0 amide bonds. The summed E-state index contributed by atoms with van der Waals surface area (Å²) in [6.45, 7) is 10.4. The summed E-state index contributed by atoms with van der Waals surface area (Å²) in [5, 5.41) is 8.98. The quantitative estimate of drug-likeness (QED) is 0.581. The molecule has 5 nitrogen and oxygen atoms in total. The number of rotatable bonds is 5. The van der Waals surface area contributed by atoms with Gasteiger partial charge in [-0.05, 0) is 62.5 Å². The van der Waals surface area contributed by atoms with Gasteiger partial charge in [-0.3, -0.25) is 4.68 Å². The highest BCUT2D eigenvalue weighted by Gasteiger charge is 2.36. The second-order valence-corrected chi connectivity index (χ2v) is 10.3. The maximum atomic E-state index is 12.8. The first-order valence-electron chi connectivity index (χ1n) is 10.1. The number of methoxy groups -OCH3 is 1. The Bertz CT molecular complexity index is 901. The van der Waals surface area contributed by atoms with Gasteiger partial charge >= 0.3 is 5.97 Å². The van der Waals surface area contributed by atoms with Gasteiger partial charge in [0.05, 0.1) is 18.4 Å². The highest BCUT2D eigenvalue weighted by Crippen LogP contribution is 2.44. The molecule has 6 heteroatoms. The van der Waals surface area contributed by atoms with E-state index in [1.165, 1.54) is 12.7 Å². The van der Waals surface area contributed by atoms with Gasteiger partial charge in [-0.2, -0.15) is 16.4 Å². The summed E-state index contributed by atoms with van der Waals surface area (Å²) >= 11 is 1.64. The maximum Gasteiger partial charge on any atom is 0.341 e. The molecule has 0 saturated carbocycles. The van der Waals surface area contributed by atoms with E-state index in [1.807, 2.05) is 27.8 Å². The molecule has 0 bridgehead atoms. The van der Waals surface area contributed by atoms with Crippen molar-refractivity contribution in [3.8, 4) is 11.3 Å². The fourth-order valence-electron chi connectivity index (χ4n) is 3.74. The smallest absolute Gasteiger partial charge is 0.341 e. The lowest BCUT2D eigenvalue weighted by Gasteiger charge is -2.30. The molecule has 0 spiro atoms. The van der Waals surface area contributed by atoms with Crippen molar-refractivity contribution >= 4 is 22.9 Å². The molecule has 1 atom stereocenters. The molecule has 1 aliphatic rings. The molecular weight excluding hydrogens is 384 g/mol. The van der Waals surface area contributed by atoms with Gasteiger partial charge in [-0.25, -0.2) is 4.79 Å². The average molecular weight is 417 g/mol. The molecule has 1 unspecified atom stereocenters. The van der Waals surface area contributed by atoms with Crippen molar-refractivity contribution in [1.82, 2.24) is 9.78 Å². The van der Waals surface area contributed by atoms with Gasteiger partial charge < -0.3 is 9.47 Å². The molecule has 2 aromatic heterocycles. The molecule has 1 aliphatic carbocycles. The molecule has 0 radical (unpaired) electrons. The Labute approximate surface area is 177 Å². The Balaban J connectivity index is 2.20. The van der Waals surface area contributed by atoms with E-state index in [0.717, 1.165) is 41.8 Å². The van der Waals surface area contributed by atoms with Crippen LogP contribution >= 0.6 is 11.3 Å². The van der Waals surface area contributed by atoms with Crippen molar-refractivity contribution in [2.24, 2.45) is 12.5 Å². The van der Waals surface area contributed by atoms with Gasteiger partial charge in [0.2, 0.25) is 0 Å². The predicted octanol–water partition coefficient (Wildman–Crippen LogP) is 5.77. The summed E-state index contributed by atoms with van der Waals surface area (Å²) in [7, 11) is 3.28. The van der Waals surface area contributed by atoms with Gasteiger partial charge in [0, 0.05) is 23.6 Å². The van der Waals surface area contributed by atoms with E-state index in [1.54, 1.807) is 16.0 Å². The first-order chi connectivity index (χ1) is 13.5. The van der Waals surface area contributed by atoms with Crippen LogP contribution < -0.4 is 0 Å². The number of ether oxygens (including phenoxy) is 2. The second kappa shape index (κ2) is 8.07. The number of thiophene rings is 1. The molecule has 3 rings (SSSR count). The summed E-state index contributed by atoms with van der Waals surface area (Å²) in [6.07, 6.45) is 4.52. The molecule has 0 fully saturated rings. The van der Waals surface area contributed by atoms with Crippen LogP contribution in [0, 0.1) is 5.41 Å². The minimum Gasteiger partial charge on any atom is -0.467 e. The lowest BCUT2D eigenvalue weighted by Crippen LogP contribution is -2.30. The monoisotopic (exact) mass is 416 g/mol. The number of aryl methyl sites for hydroxylation is 1.